The molecule has 0 aliphatic carbocycles. The van der Waals surface area contributed by atoms with Crippen LogP contribution in [0.4, 0.5) is 0 Å². The first kappa shape index (κ1) is 17.7. The molecule has 3 rings (SSSR count). The number of ether oxygens (including phenoxy) is 1. The smallest absolute Gasteiger partial charge is 0.251 e. The summed E-state index contributed by atoms with van der Waals surface area (Å²) in [5, 5.41) is 7.38. The van der Waals surface area contributed by atoms with Crippen molar-refractivity contribution >= 4 is 5.91 Å². The lowest BCUT2D eigenvalue weighted by molar-refractivity contribution is 0.0935. The highest BCUT2D eigenvalue weighted by molar-refractivity contribution is 5.94. The topological polar surface area (TPSA) is 56.2 Å². The first-order valence-corrected chi connectivity index (χ1v) is 8.69. The van der Waals surface area contributed by atoms with Gasteiger partial charge in [-0.25, -0.2) is 4.68 Å². The zero-order chi connectivity index (χ0) is 18.5. The molecule has 0 saturated carbocycles. The second kappa shape index (κ2) is 7.87. The molecule has 1 heterocycles. The molecule has 1 amide bonds. The number of aromatic nitrogens is 2. The quantitative estimate of drug-likeness (QED) is 0.730. The molecular formula is C21H23N3O2. The van der Waals surface area contributed by atoms with Crippen LogP contribution in [0.3, 0.4) is 0 Å². The van der Waals surface area contributed by atoms with Gasteiger partial charge in [0, 0.05) is 23.0 Å². The first-order valence-electron chi connectivity index (χ1n) is 8.69. The van der Waals surface area contributed by atoms with Crippen LogP contribution < -0.4 is 10.1 Å². The number of aryl methyl sites for hydroxylation is 1. The van der Waals surface area contributed by atoms with Crippen molar-refractivity contribution in [2.45, 2.75) is 26.3 Å². The van der Waals surface area contributed by atoms with Gasteiger partial charge in [-0.3, -0.25) is 4.79 Å². The number of carbonyl (C=O) groups excluding carboxylic acids is 1. The fraction of sp³-hybridized carbons (Fsp3) is 0.238. The van der Waals surface area contributed by atoms with Crippen molar-refractivity contribution < 1.29 is 9.53 Å². The summed E-state index contributed by atoms with van der Waals surface area (Å²) in [4.78, 5) is 12.7. The number of nitrogens with one attached hydrogen (secondary N) is 1. The van der Waals surface area contributed by atoms with Crippen molar-refractivity contribution in [3.63, 3.8) is 0 Å². The number of benzene rings is 2. The molecule has 1 unspecified atom stereocenters. The average Bonchev–Trinajstić information content (AvgIpc) is 3.12. The van der Waals surface area contributed by atoms with Crippen molar-refractivity contribution in [3.8, 4) is 11.4 Å². The normalized spacial score (nSPS) is 11.8. The van der Waals surface area contributed by atoms with Crippen molar-refractivity contribution in [2.75, 3.05) is 7.11 Å². The SMILES string of the molecule is CCC(NC(=O)c1ccc(-n2nccc2C)cc1)c1ccccc1OC. The second-order valence-corrected chi connectivity index (χ2v) is 6.11. The maximum absolute atomic E-state index is 12.7. The Morgan fingerprint density at radius 1 is 1.15 bits per heavy atom. The summed E-state index contributed by atoms with van der Waals surface area (Å²) in [6.07, 6.45) is 2.53. The van der Waals surface area contributed by atoms with E-state index in [0.717, 1.165) is 29.1 Å². The van der Waals surface area contributed by atoms with Gasteiger partial charge >= 0.3 is 0 Å². The third-order valence-electron chi connectivity index (χ3n) is 4.43. The van der Waals surface area contributed by atoms with Crippen LogP contribution in [-0.4, -0.2) is 22.8 Å². The van der Waals surface area contributed by atoms with Gasteiger partial charge in [0.2, 0.25) is 0 Å². The number of hydrogen-bond acceptors (Lipinski definition) is 3. The van der Waals surface area contributed by atoms with Crippen molar-refractivity contribution in [3.05, 3.63) is 77.6 Å². The third kappa shape index (κ3) is 3.61. The minimum atomic E-state index is -0.105. The average molecular weight is 349 g/mol. The lowest BCUT2D eigenvalue weighted by Crippen LogP contribution is -2.28. The zero-order valence-electron chi connectivity index (χ0n) is 15.3. The number of carbonyl (C=O) groups is 1. The van der Waals surface area contributed by atoms with Crippen LogP contribution >= 0.6 is 0 Å². The van der Waals surface area contributed by atoms with Gasteiger partial charge in [0.05, 0.1) is 18.8 Å². The molecule has 26 heavy (non-hydrogen) atoms. The largest absolute Gasteiger partial charge is 0.496 e. The number of rotatable bonds is 6. The molecule has 5 nitrogen and oxygen atoms in total. The Balaban J connectivity index is 1.77. The van der Waals surface area contributed by atoms with E-state index < -0.39 is 0 Å². The fourth-order valence-corrected chi connectivity index (χ4v) is 2.99. The van der Waals surface area contributed by atoms with Gasteiger partial charge in [-0.05, 0) is 49.7 Å². The molecule has 5 heteroatoms. The van der Waals surface area contributed by atoms with Crippen LogP contribution in [0.25, 0.3) is 5.69 Å². The summed E-state index contributed by atoms with van der Waals surface area (Å²) in [5.41, 5.74) is 3.58. The minimum Gasteiger partial charge on any atom is -0.496 e. The molecule has 0 aliphatic heterocycles. The van der Waals surface area contributed by atoms with E-state index in [9.17, 15) is 4.79 Å². The summed E-state index contributed by atoms with van der Waals surface area (Å²) >= 11 is 0. The van der Waals surface area contributed by atoms with Gasteiger partial charge < -0.3 is 10.1 Å². The third-order valence-corrected chi connectivity index (χ3v) is 4.43. The molecule has 0 bridgehead atoms. The van der Waals surface area contributed by atoms with E-state index in [0.29, 0.717) is 5.56 Å². The Morgan fingerprint density at radius 3 is 2.50 bits per heavy atom. The van der Waals surface area contributed by atoms with Crippen LogP contribution in [0, 0.1) is 6.92 Å². The Bertz CT molecular complexity index is 884. The van der Waals surface area contributed by atoms with Gasteiger partial charge in [0.25, 0.3) is 5.91 Å². The van der Waals surface area contributed by atoms with Gasteiger partial charge in [-0.15, -0.1) is 0 Å². The molecule has 0 fully saturated rings. The lowest BCUT2D eigenvalue weighted by atomic mass is 10.0. The molecule has 0 radical (unpaired) electrons. The molecule has 0 spiro atoms. The molecule has 1 aromatic heterocycles. The van der Waals surface area contributed by atoms with Gasteiger partial charge in [-0.2, -0.15) is 5.10 Å². The van der Waals surface area contributed by atoms with Gasteiger partial charge in [-0.1, -0.05) is 25.1 Å². The van der Waals surface area contributed by atoms with E-state index in [1.807, 2.05) is 73.1 Å². The monoisotopic (exact) mass is 349 g/mol. The molecular weight excluding hydrogens is 326 g/mol. The highest BCUT2D eigenvalue weighted by atomic mass is 16.5. The molecule has 134 valence electrons. The fourth-order valence-electron chi connectivity index (χ4n) is 2.99. The number of para-hydroxylation sites is 1. The Morgan fingerprint density at radius 2 is 1.88 bits per heavy atom. The Hall–Kier alpha value is -3.08. The highest BCUT2D eigenvalue weighted by Gasteiger charge is 2.17. The first-order chi connectivity index (χ1) is 12.6. The maximum atomic E-state index is 12.7. The molecule has 2 aromatic carbocycles. The maximum Gasteiger partial charge on any atom is 0.251 e. The van der Waals surface area contributed by atoms with E-state index in [4.69, 9.17) is 4.74 Å². The predicted molar refractivity (Wildman–Crippen MR) is 102 cm³/mol. The summed E-state index contributed by atoms with van der Waals surface area (Å²) in [5.74, 6) is 0.677. The molecule has 1 atom stereocenters. The summed E-state index contributed by atoms with van der Waals surface area (Å²) < 4.78 is 7.26. The number of methoxy groups -OCH3 is 1. The van der Waals surface area contributed by atoms with Crippen LogP contribution in [0.2, 0.25) is 0 Å². The van der Waals surface area contributed by atoms with Crippen molar-refractivity contribution in [2.24, 2.45) is 0 Å². The minimum absolute atomic E-state index is 0.105. The van der Waals surface area contributed by atoms with Gasteiger partial charge in [0.15, 0.2) is 0 Å². The molecule has 1 N–H and O–H groups in total. The number of amides is 1. The lowest BCUT2D eigenvalue weighted by Gasteiger charge is -2.20. The van der Waals surface area contributed by atoms with Crippen molar-refractivity contribution in [1.29, 1.82) is 0 Å². The van der Waals surface area contributed by atoms with Crippen molar-refractivity contribution in [1.82, 2.24) is 15.1 Å². The Kier molecular flexibility index (Phi) is 5.37. The summed E-state index contributed by atoms with van der Waals surface area (Å²) in [6, 6.07) is 17.0. The summed E-state index contributed by atoms with van der Waals surface area (Å²) in [7, 11) is 1.64. The van der Waals surface area contributed by atoms with E-state index in [-0.39, 0.29) is 11.9 Å². The standard InChI is InChI=1S/C21H23N3O2/c1-4-19(18-7-5-6-8-20(18)26-3)23-21(25)16-9-11-17(12-10-16)24-15(2)13-14-22-24/h5-14,19H,4H2,1-3H3,(H,23,25). The van der Waals surface area contributed by atoms with Crippen LogP contribution in [0.1, 0.15) is 41.0 Å². The van der Waals surface area contributed by atoms with Gasteiger partial charge in [0.1, 0.15) is 5.75 Å². The highest BCUT2D eigenvalue weighted by Crippen LogP contribution is 2.27. The Labute approximate surface area is 153 Å². The van der Waals surface area contributed by atoms with E-state index in [2.05, 4.69) is 10.4 Å². The van der Waals surface area contributed by atoms with Crippen LogP contribution in [-0.2, 0) is 0 Å². The van der Waals surface area contributed by atoms with E-state index in [1.165, 1.54) is 0 Å². The summed E-state index contributed by atoms with van der Waals surface area (Å²) in [6.45, 7) is 4.04. The molecule has 3 aromatic rings. The van der Waals surface area contributed by atoms with E-state index in [1.54, 1.807) is 13.3 Å². The van der Waals surface area contributed by atoms with Crippen LogP contribution in [0.5, 0.6) is 5.75 Å². The van der Waals surface area contributed by atoms with E-state index >= 15 is 0 Å². The number of hydrogen-bond donors (Lipinski definition) is 1. The zero-order valence-corrected chi connectivity index (χ0v) is 15.3. The predicted octanol–water partition coefficient (Wildman–Crippen LogP) is 4.07. The molecule has 0 saturated heterocycles. The second-order valence-electron chi connectivity index (χ2n) is 6.11. The molecule has 0 aliphatic rings. The van der Waals surface area contributed by atoms with Crippen LogP contribution in [0.15, 0.2) is 60.8 Å². The number of nitrogens with zero attached hydrogens (tertiary/aromatic N) is 2.